The van der Waals surface area contributed by atoms with Crippen LogP contribution < -0.4 is 0 Å². The average molecular weight is 574 g/mol. The second-order valence-electron chi connectivity index (χ2n) is 12.8. The molecule has 1 aliphatic carbocycles. The van der Waals surface area contributed by atoms with E-state index in [9.17, 15) is 0 Å². The number of hydrogen-bond acceptors (Lipinski definition) is 1. The minimum atomic E-state index is 0.590. The van der Waals surface area contributed by atoms with Gasteiger partial charge in [0.1, 0.15) is 5.82 Å². The summed E-state index contributed by atoms with van der Waals surface area (Å²) in [5.41, 5.74) is 8.41. The van der Waals surface area contributed by atoms with Crippen molar-refractivity contribution in [2.24, 2.45) is 5.92 Å². The number of imidazole rings is 1. The summed E-state index contributed by atoms with van der Waals surface area (Å²) in [7, 11) is 0. The molecule has 0 amide bonds. The number of nitrogens with zero attached hydrogens (tertiary/aromatic N) is 3. The summed E-state index contributed by atoms with van der Waals surface area (Å²) in [6, 6.07) is 44.8. The molecule has 3 nitrogen and oxygen atoms in total. The zero-order chi connectivity index (χ0) is 29.2. The van der Waals surface area contributed by atoms with Gasteiger partial charge in [0.25, 0.3) is 0 Å². The molecule has 7 aromatic carbocycles. The summed E-state index contributed by atoms with van der Waals surface area (Å²) in [6.45, 7) is 0. The van der Waals surface area contributed by atoms with Crippen LogP contribution in [0.2, 0.25) is 0 Å². The lowest BCUT2D eigenvalue weighted by molar-refractivity contribution is 0.845. The van der Waals surface area contributed by atoms with Gasteiger partial charge in [-0.1, -0.05) is 103 Å². The van der Waals surface area contributed by atoms with Gasteiger partial charge in [0, 0.05) is 40.3 Å². The van der Waals surface area contributed by atoms with Gasteiger partial charge in [-0.05, 0) is 80.0 Å². The lowest BCUT2D eigenvalue weighted by atomic mass is 9.88. The van der Waals surface area contributed by atoms with Crippen LogP contribution in [0.15, 0.2) is 134 Å². The highest BCUT2D eigenvalue weighted by Gasteiger charge is 2.42. The molecule has 0 bridgehead atoms. The zero-order valence-electron chi connectivity index (χ0n) is 24.5. The van der Waals surface area contributed by atoms with Crippen molar-refractivity contribution >= 4 is 60.3 Å². The summed E-state index contributed by atoms with van der Waals surface area (Å²) in [5, 5.41) is 10.4. The van der Waals surface area contributed by atoms with Crippen molar-refractivity contribution in [2.45, 2.75) is 12.3 Å². The molecule has 2 aromatic heterocycles. The van der Waals surface area contributed by atoms with Crippen molar-refractivity contribution in [3.8, 4) is 28.1 Å². The Hall–Kier alpha value is -5.67. The molecule has 2 atom stereocenters. The Morgan fingerprint density at radius 3 is 1.91 bits per heavy atom. The monoisotopic (exact) mass is 573 g/mol. The SMILES string of the molecule is C1=Cn2cc(-c3ccc4ccc5c(-c6ccc(-n7c8ccccc8c8ccccc87)cc6)ccc6ccc3c4c65)nc2C2CC12. The molecule has 11 rings (SSSR count). The van der Waals surface area contributed by atoms with E-state index in [2.05, 4.69) is 149 Å². The van der Waals surface area contributed by atoms with E-state index >= 15 is 0 Å². The van der Waals surface area contributed by atoms with Crippen LogP contribution >= 0.6 is 0 Å². The maximum atomic E-state index is 5.17. The predicted molar refractivity (Wildman–Crippen MR) is 187 cm³/mol. The van der Waals surface area contributed by atoms with Crippen LogP contribution in [0.5, 0.6) is 0 Å². The smallest absolute Gasteiger partial charge is 0.117 e. The number of fused-ring (bicyclic) bond motifs is 6. The van der Waals surface area contributed by atoms with Gasteiger partial charge in [0.05, 0.1) is 16.7 Å². The fourth-order valence-corrected chi connectivity index (χ4v) is 8.13. The van der Waals surface area contributed by atoms with E-state index in [0.717, 1.165) is 5.69 Å². The van der Waals surface area contributed by atoms with Gasteiger partial charge in [-0.25, -0.2) is 4.98 Å². The third kappa shape index (κ3) is 3.22. The number of hydrogen-bond donors (Lipinski definition) is 0. The number of benzene rings is 7. The predicted octanol–water partition coefficient (Wildman–Crippen LogP) is 10.8. The Morgan fingerprint density at radius 2 is 1.20 bits per heavy atom. The Morgan fingerprint density at radius 1 is 0.578 bits per heavy atom. The van der Waals surface area contributed by atoms with Crippen LogP contribution in [0, 0.1) is 5.92 Å². The first-order valence-electron chi connectivity index (χ1n) is 15.9. The fourth-order valence-electron chi connectivity index (χ4n) is 8.13. The maximum Gasteiger partial charge on any atom is 0.117 e. The Kier molecular flexibility index (Phi) is 4.48. The molecule has 2 aliphatic rings. The van der Waals surface area contributed by atoms with E-state index in [1.165, 1.54) is 88.7 Å². The summed E-state index contributed by atoms with van der Waals surface area (Å²) in [5.74, 6) is 2.49. The van der Waals surface area contributed by atoms with E-state index in [4.69, 9.17) is 4.98 Å². The number of para-hydroxylation sites is 2. The van der Waals surface area contributed by atoms with E-state index in [-0.39, 0.29) is 0 Å². The van der Waals surface area contributed by atoms with E-state index < -0.39 is 0 Å². The highest BCUT2D eigenvalue weighted by Crippen LogP contribution is 2.51. The minimum Gasteiger partial charge on any atom is -0.310 e. The molecule has 0 N–H and O–H groups in total. The second kappa shape index (κ2) is 8.49. The molecule has 3 heterocycles. The first kappa shape index (κ1) is 23.7. The lowest BCUT2D eigenvalue weighted by Crippen LogP contribution is -1.98. The van der Waals surface area contributed by atoms with Gasteiger partial charge in [-0.3, -0.25) is 0 Å². The molecule has 210 valence electrons. The first-order valence-corrected chi connectivity index (χ1v) is 15.9. The molecule has 9 aromatic rings. The zero-order valence-corrected chi connectivity index (χ0v) is 24.5. The number of rotatable bonds is 3. The molecule has 45 heavy (non-hydrogen) atoms. The largest absolute Gasteiger partial charge is 0.310 e. The third-order valence-corrected chi connectivity index (χ3v) is 10.4. The molecule has 0 radical (unpaired) electrons. The average Bonchev–Trinajstić information content (AvgIpc) is 3.65. The molecule has 2 unspecified atom stereocenters. The van der Waals surface area contributed by atoms with Crippen LogP contribution in [0.3, 0.4) is 0 Å². The van der Waals surface area contributed by atoms with Gasteiger partial charge in [0.2, 0.25) is 0 Å². The molecule has 1 saturated carbocycles. The van der Waals surface area contributed by atoms with Crippen molar-refractivity contribution < 1.29 is 0 Å². The molecular weight excluding hydrogens is 546 g/mol. The number of allylic oxidation sites excluding steroid dienone is 1. The molecule has 0 saturated heterocycles. The number of aromatic nitrogens is 3. The Bertz CT molecular complexity index is 2630. The molecule has 3 heteroatoms. The van der Waals surface area contributed by atoms with Crippen LogP contribution in [0.4, 0.5) is 0 Å². The van der Waals surface area contributed by atoms with Gasteiger partial charge in [-0.15, -0.1) is 0 Å². The minimum absolute atomic E-state index is 0.590. The standard InChI is InChI=1S/C42H27N3/c1-3-7-38-32(5-1)33-6-2-4-8-39(33)45(38)29-15-9-25(10-16-29)30-17-11-26-14-20-35-31(18-12-27-13-19-34(30)40(26)41(27)35)37-24-44-22-21-28-23-36(28)42(44)43-37/h1-22,24,28,36H,23H2. The van der Waals surface area contributed by atoms with Crippen LogP contribution in [-0.4, -0.2) is 14.1 Å². The fraction of sp³-hybridized carbons (Fsp3) is 0.0714. The third-order valence-electron chi connectivity index (χ3n) is 10.4. The molecular formula is C42H27N3. The van der Waals surface area contributed by atoms with E-state index in [1.54, 1.807) is 0 Å². The topological polar surface area (TPSA) is 22.8 Å². The van der Waals surface area contributed by atoms with Crippen molar-refractivity contribution in [1.82, 2.24) is 14.1 Å². The van der Waals surface area contributed by atoms with Gasteiger partial charge in [-0.2, -0.15) is 0 Å². The Labute approximate surface area is 259 Å². The van der Waals surface area contributed by atoms with Crippen molar-refractivity contribution in [3.63, 3.8) is 0 Å². The quantitative estimate of drug-likeness (QED) is 0.193. The van der Waals surface area contributed by atoms with Crippen LogP contribution in [0.25, 0.3) is 88.4 Å². The highest BCUT2D eigenvalue weighted by molar-refractivity contribution is 6.27. The summed E-state index contributed by atoms with van der Waals surface area (Å²) < 4.78 is 4.62. The van der Waals surface area contributed by atoms with Crippen LogP contribution in [0.1, 0.15) is 18.2 Å². The molecule has 0 spiro atoms. The van der Waals surface area contributed by atoms with Crippen molar-refractivity contribution in [3.05, 3.63) is 139 Å². The summed E-state index contributed by atoms with van der Waals surface area (Å²) >= 11 is 0. The normalized spacial score (nSPS) is 17.2. The molecule has 1 fully saturated rings. The van der Waals surface area contributed by atoms with Gasteiger partial charge in [0.15, 0.2) is 0 Å². The van der Waals surface area contributed by atoms with Crippen molar-refractivity contribution in [2.75, 3.05) is 0 Å². The summed E-state index contributed by atoms with van der Waals surface area (Å²) in [6.07, 6.45) is 7.99. The second-order valence-corrected chi connectivity index (χ2v) is 12.8. The summed E-state index contributed by atoms with van der Waals surface area (Å²) in [4.78, 5) is 5.17. The van der Waals surface area contributed by atoms with E-state index in [1.807, 2.05) is 0 Å². The maximum absolute atomic E-state index is 5.17. The first-order chi connectivity index (χ1) is 22.3. The lowest BCUT2D eigenvalue weighted by Gasteiger charge is -2.16. The highest BCUT2D eigenvalue weighted by atomic mass is 15.1. The van der Waals surface area contributed by atoms with Gasteiger partial charge >= 0.3 is 0 Å². The molecule has 1 aliphatic heterocycles. The van der Waals surface area contributed by atoms with Gasteiger partial charge < -0.3 is 9.13 Å². The Balaban J connectivity index is 1.08. The van der Waals surface area contributed by atoms with Crippen LogP contribution in [-0.2, 0) is 0 Å². The van der Waals surface area contributed by atoms with E-state index in [0.29, 0.717) is 11.8 Å². The van der Waals surface area contributed by atoms with Crippen molar-refractivity contribution in [1.29, 1.82) is 0 Å².